The van der Waals surface area contributed by atoms with Crippen LogP contribution in [0.3, 0.4) is 0 Å². The van der Waals surface area contributed by atoms with Crippen molar-refractivity contribution in [3.63, 3.8) is 0 Å². The number of carbonyl (C=O) groups excluding carboxylic acids is 2. The second kappa shape index (κ2) is 5.65. The maximum atomic E-state index is 12.5. The second-order valence-corrected chi connectivity index (χ2v) is 3.06. The van der Waals surface area contributed by atoms with Crippen molar-refractivity contribution < 1.29 is 14.0 Å². The van der Waals surface area contributed by atoms with Crippen molar-refractivity contribution in [3.8, 4) is 0 Å². The number of benzene rings is 1. The first kappa shape index (κ1) is 11.9. The molecule has 0 aliphatic carbocycles. The van der Waals surface area contributed by atoms with Crippen molar-refractivity contribution in [1.29, 1.82) is 0 Å². The van der Waals surface area contributed by atoms with E-state index in [0.29, 0.717) is 5.56 Å². The van der Waals surface area contributed by atoms with Crippen LogP contribution < -0.4 is 10.9 Å². The average Bonchev–Trinajstić information content (AvgIpc) is 2.25. The molecule has 4 nitrogen and oxygen atoms in total. The van der Waals surface area contributed by atoms with Gasteiger partial charge in [0.2, 0.25) is 5.91 Å². The summed E-state index contributed by atoms with van der Waals surface area (Å²) in [5.41, 5.74) is 5.00. The summed E-state index contributed by atoms with van der Waals surface area (Å²) in [4.78, 5) is 21.6. The Kier molecular flexibility index (Phi) is 4.20. The zero-order chi connectivity index (χ0) is 12.0. The molecule has 0 atom stereocenters. The Bertz CT molecular complexity index is 412. The van der Waals surface area contributed by atoms with Crippen molar-refractivity contribution in [2.75, 3.05) is 0 Å². The largest absolute Gasteiger partial charge is 0.274 e. The highest BCUT2D eigenvalue weighted by Gasteiger charge is 1.95. The summed E-state index contributed by atoms with van der Waals surface area (Å²) < 4.78 is 12.5. The zero-order valence-corrected chi connectivity index (χ0v) is 8.66. The van der Waals surface area contributed by atoms with Gasteiger partial charge in [-0.05, 0) is 23.8 Å². The molecule has 0 radical (unpaired) electrons. The first-order valence-corrected chi connectivity index (χ1v) is 4.58. The number of carbonyl (C=O) groups is 2. The molecule has 0 aromatic heterocycles. The van der Waals surface area contributed by atoms with Gasteiger partial charge in [0.1, 0.15) is 5.82 Å². The van der Waals surface area contributed by atoms with Crippen molar-refractivity contribution in [3.05, 3.63) is 41.7 Å². The predicted octanol–water partition coefficient (Wildman–Crippen LogP) is 1.01. The molecule has 0 spiro atoms. The molecule has 0 aliphatic heterocycles. The van der Waals surface area contributed by atoms with E-state index in [4.69, 9.17) is 0 Å². The summed E-state index contributed by atoms with van der Waals surface area (Å²) in [6.45, 7) is 1.28. The molecule has 2 N–H and O–H groups in total. The van der Waals surface area contributed by atoms with Crippen molar-refractivity contribution in [2.45, 2.75) is 6.92 Å². The van der Waals surface area contributed by atoms with Crippen LogP contribution in [0.25, 0.3) is 6.08 Å². The lowest BCUT2D eigenvalue weighted by Gasteiger charge is -2.00. The van der Waals surface area contributed by atoms with E-state index in [9.17, 15) is 14.0 Å². The first-order valence-electron chi connectivity index (χ1n) is 4.58. The van der Waals surface area contributed by atoms with Crippen LogP contribution >= 0.6 is 0 Å². The summed E-state index contributed by atoms with van der Waals surface area (Å²) in [6, 6.07) is 5.67. The summed E-state index contributed by atoms with van der Waals surface area (Å²) in [5, 5.41) is 0. The maximum absolute atomic E-state index is 12.5. The average molecular weight is 222 g/mol. The van der Waals surface area contributed by atoms with Crippen LogP contribution in [-0.2, 0) is 9.59 Å². The molecule has 5 heteroatoms. The van der Waals surface area contributed by atoms with Gasteiger partial charge in [0.25, 0.3) is 5.91 Å². The monoisotopic (exact) mass is 222 g/mol. The minimum atomic E-state index is -0.459. The van der Waals surface area contributed by atoms with Gasteiger partial charge in [0.05, 0.1) is 0 Å². The fraction of sp³-hybridized carbons (Fsp3) is 0.0909. The van der Waals surface area contributed by atoms with E-state index in [1.807, 2.05) is 0 Å². The van der Waals surface area contributed by atoms with Crippen LogP contribution in [0, 0.1) is 5.82 Å². The Labute approximate surface area is 92.1 Å². The van der Waals surface area contributed by atoms with E-state index in [2.05, 4.69) is 10.9 Å². The fourth-order valence-electron chi connectivity index (χ4n) is 0.937. The van der Waals surface area contributed by atoms with E-state index >= 15 is 0 Å². The van der Waals surface area contributed by atoms with E-state index < -0.39 is 5.91 Å². The molecule has 0 bridgehead atoms. The van der Waals surface area contributed by atoms with Crippen LogP contribution in [0.4, 0.5) is 4.39 Å². The molecule has 0 saturated heterocycles. The van der Waals surface area contributed by atoms with Crippen LogP contribution in [0.5, 0.6) is 0 Å². The quantitative estimate of drug-likeness (QED) is 0.579. The number of halogens is 1. The Morgan fingerprint density at radius 2 is 1.81 bits per heavy atom. The van der Waals surface area contributed by atoms with Crippen molar-refractivity contribution in [2.24, 2.45) is 0 Å². The number of hydrogen-bond acceptors (Lipinski definition) is 2. The minimum absolute atomic E-state index is 0.333. The van der Waals surface area contributed by atoms with Crippen molar-refractivity contribution >= 4 is 17.9 Å². The Morgan fingerprint density at radius 3 is 2.38 bits per heavy atom. The molecule has 16 heavy (non-hydrogen) atoms. The molecule has 0 saturated carbocycles. The third-order valence-electron chi connectivity index (χ3n) is 1.66. The van der Waals surface area contributed by atoms with Crippen LogP contribution in [0.1, 0.15) is 12.5 Å². The van der Waals surface area contributed by atoms with Gasteiger partial charge in [0, 0.05) is 13.0 Å². The zero-order valence-electron chi connectivity index (χ0n) is 8.66. The number of amides is 2. The molecule has 0 aliphatic rings. The summed E-state index contributed by atoms with van der Waals surface area (Å²) in [5.74, 6) is -1.15. The smallest absolute Gasteiger partial charge is 0.262 e. The third kappa shape index (κ3) is 4.36. The molecule has 1 rings (SSSR count). The fourth-order valence-corrected chi connectivity index (χ4v) is 0.937. The molecule has 0 heterocycles. The molecule has 1 aromatic carbocycles. The van der Waals surface area contributed by atoms with Gasteiger partial charge >= 0.3 is 0 Å². The van der Waals surface area contributed by atoms with Crippen LogP contribution in [0.15, 0.2) is 30.3 Å². The molecular weight excluding hydrogens is 211 g/mol. The topological polar surface area (TPSA) is 58.2 Å². The Morgan fingerprint density at radius 1 is 1.19 bits per heavy atom. The van der Waals surface area contributed by atoms with Gasteiger partial charge in [-0.1, -0.05) is 12.1 Å². The molecule has 0 unspecified atom stereocenters. The van der Waals surface area contributed by atoms with Crippen molar-refractivity contribution in [1.82, 2.24) is 10.9 Å². The predicted molar refractivity (Wildman–Crippen MR) is 57.4 cm³/mol. The van der Waals surface area contributed by atoms with Gasteiger partial charge in [-0.15, -0.1) is 0 Å². The number of hydrazine groups is 1. The highest BCUT2D eigenvalue weighted by atomic mass is 19.1. The summed E-state index contributed by atoms with van der Waals surface area (Å²) in [7, 11) is 0. The Balaban J connectivity index is 2.50. The second-order valence-electron chi connectivity index (χ2n) is 3.06. The normalized spacial score (nSPS) is 10.1. The van der Waals surface area contributed by atoms with E-state index in [0.717, 1.165) is 0 Å². The maximum Gasteiger partial charge on any atom is 0.262 e. The van der Waals surface area contributed by atoms with Crippen LogP contribution in [-0.4, -0.2) is 11.8 Å². The highest BCUT2D eigenvalue weighted by Crippen LogP contribution is 2.04. The van der Waals surface area contributed by atoms with E-state index in [1.54, 1.807) is 0 Å². The molecular formula is C11H11FN2O2. The summed E-state index contributed by atoms with van der Waals surface area (Å²) >= 11 is 0. The highest BCUT2D eigenvalue weighted by molar-refractivity contribution is 5.92. The number of nitrogens with one attached hydrogen (secondary N) is 2. The van der Waals surface area contributed by atoms with Gasteiger partial charge in [-0.3, -0.25) is 20.4 Å². The first-order chi connectivity index (χ1) is 7.58. The number of hydrogen-bond donors (Lipinski definition) is 2. The Hall–Kier alpha value is -2.17. The van der Waals surface area contributed by atoms with Gasteiger partial charge in [-0.25, -0.2) is 4.39 Å². The van der Waals surface area contributed by atoms with Gasteiger partial charge in [0.15, 0.2) is 0 Å². The van der Waals surface area contributed by atoms with Crippen LogP contribution in [0.2, 0.25) is 0 Å². The minimum Gasteiger partial charge on any atom is -0.274 e. The third-order valence-corrected chi connectivity index (χ3v) is 1.66. The van der Waals surface area contributed by atoms with E-state index in [-0.39, 0.29) is 11.7 Å². The number of rotatable bonds is 2. The lowest BCUT2D eigenvalue weighted by atomic mass is 10.2. The van der Waals surface area contributed by atoms with Gasteiger partial charge in [-0.2, -0.15) is 0 Å². The molecule has 0 fully saturated rings. The standard InChI is InChI=1S/C11H11FN2O2/c1-8(15)13-14-11(16)7-4-9-2-5-10(12)6-3-9/h2-7H,1H3,(H,13,15)(H,14,16)/b7-4+. The molecule has 1 aromatic rings. The van der Waals surface area contributed by atoms with Gasteiger partial charge < -0.3 is 0 Å². The van der Waals surface area contributed by atoms with E-state index in [1.165, 1.54) is 43.3 Å². The molecule has 2 amide bonds. The summed E-state index contributed by atoms with van der Waals surface area (Å²) in [6.07, 6.45) is 2.75. The lowest BCUT2D eigenvalue weighted by Crippen LogP contribution is -2.39. The SMILES string of the molecule is CC(=O)NNC(=O)/C=C/c1ccc(F)cc1. The molecule has 84 valence electrons. The lowest BCUT2D eigenvalue weighted by molar-refractivity contribution is -0.125.